The van der Waals surface area contributed by atoms with Crippen LogP contribution < -0.4 is 11.1 Å². The lowest BCUT2D eigenvalue weighted by molar-refractivity contribution is -0.123. The zero-order valence-electron chi connectivity index (χ0n) is 14.0. The lowest BCUT2D eigenvalue weighted by Crippen LogP contribution is -2.53. The average Bonchev–Trinajstić information content (AvgIpc) is 3.27. The molecule has 23 heavy (non-hydrogen) atoms. The second-order valence-electron chi connectivity index (χ2n) is 6.68. The van der Waals surface area contributed by atoms with E-state index in [0.29, 0.717) is 31.1 Å². The molecule has 3 N–H and O–H groups in total. The number of amides is 1. The fraction of sp³-hybridized carbons (Fsp3) is 0.625. The van der Waals surface area contributed by atoms with E-state index in [1.165, 1.54) is 6.33 Å². The van der Waals surface area contributed by atoms with Gasteiger partial charge in [-0.3, -0.25) is 4.79 Å². The highest BCUT2D eigenvalue weighted by Gasteiger charge is 2.41. The summed E-state index contributed by atoms with van der Waals surface area (Å²) in [5.74, 6) is 1.16. The van der Waals surface area contributed by atoms with Crippen molar-refractivity contribution in [2.24, 2.45) is 11.7 Å². The van der Waals surface area contributed by atoms with Crippen LogP contribution in [-0.2, 0) is 11.2 Å². The molecule has 2 aromatic rings. The van der Waals surface area contributed by atoms with Crippen molar-refractivity contribution in [2.45, 2.75) is 52.0 Å². The molecular formula is C16H24N6O. The minimum Gasteiger partial charge on any atom is -0.349 e. The number of nitrogens with two attached hydrogens (primary N) is 1. The molecule has 3 rings (SSSR count). The van der Waals surface area contributed by atoms with E-state index in [0.717, 1.165) is 29.8 Å². The lowest BCUT2D eigenvalue weighted by atomic mass is 9.95. The highest BCUT2D eigenvalue weighted by atomic mass is 16.1. The summed E-state index contributed by atoms with van der Waals surface area (Å²) in [6.45, 7) is 6.46. The molecule has 7 heteroatoms. The van der Waals surface area contributed by atoms with Crippen molar-refractivity contribution in [3.05, 3.63) is 23.3 Å². The van der Waals surface area contributed by atoms with Crippen molar-refractivity contribution in [3.63, 3.8) is 0 Å². The van der Waals surface area contributed by atoms with Gasteiger partial charge in [0.2, 0.25) is 5.91 Å². The number of aryl methyl sites for hydroxylation is 2. The van der Waals surface area contributed by atoms with E-state index in [-0.39, 0.29) is 11.4 Å². The van der Waals surface area contributed by atoms with E-state index < -0.39 is 0 Å². The van der Waals surface area contributed by atoms with Crippen LogP contribution in [0.25, 0.3) is 5.78 Å². The maximum Gasteiger partial charge on any atom is 0.252 e. The van der Waals surface area contributed by atoms with Crippen molar-refractivity contribution in [3.8, 4) is 0 Å². The first kappa shape index (κ1) is 15.9. The molecule has 0 bridgehead atoms. The fourth-order valence-electron chi connectivity index (χ4n) is 3.18. The molecule has 0 aliphatic heterocycles. The van der Waals surface area contributed by atoms with Crippen LogP contribution in [0, 0.1) is 19.8 Å². The van der Waals surface area contributed by atoms with Gasteiger partial charge < -0.3 is 11.1 Å². The van der Waals surface area contributed by atoms with Crippen LogP contribution in [0.2, 0.25) is 0 Å². The topological polar surface area (TPSA) is 98.2 Å². The van der Waals surface area contributed by atoms with Gasteiger partial charge in [-0.1, -0.05) is 0 Å². The Kier molecular flexibility index (Phi) is 4.06. The van der Waals surface area contributed by atoms with Crippen LogP contribution in [0.3, 0.4) is 0 Å². The number of aromatic nitrogens is 4. The van der Waals surface area contributed by atoms with Crippen molar-refractivity contribution in [1.82, 2.24) is 24.9 Å². The normalized spacial score (nSPS) is 17.2. The molecule has 7 nitrogen and oxygen atoms in total. The molecule has 2 aromatic heterocycles. The SMILES string of the molecule is Cc1nc2ncnn2c(C)c1CCC(=O)NC(C)(CN)C1CC1. The van der Waals surface area contributed by atoms with Crippen LogP contribution in [0.4, 0.5) is 0 Å². The number of rotatable bonds is 6. The van der Waals surface area contributed by atoms with Crippen molar-refractivity contribution in [1.29, 1.82) is 0 Å². The van der Waals surface area contributed by atoms with Gasteiger partial charge in [-0.2, -0.15) is 10.1 Å². The summed E-state index contributed by atoms with van der Waals surface area (Å²) in [6, 6.07) is 0. The predicted molar refractivity (Wildman–Crippen MR) is 86.9 cm³/mol. The van der Waals surface area contributed by atoms with Crippen molar-refractivity contribution in [2.75, 3.05) is 6.54 Å². The lowest BCUT2D eigenvalue weighted by Gasteiger charge is -2.29. The molecule has 124 valence electrons. The van der Waals surface area contributed by atoms with Crippen LogP contribution in [0.15, 0.2) is 6.33 Å². The Hall–Kier alpha value is -2.02. The number of nitrogens with one attached hydrogen (secondary N) is 1. The smallest absolute Gasteiger partial charge is 0.252 e. The number of hydrogen-bond acceptors (Lipinski definition) is 5. The minimum absolute atomic E-state index is 0.0438. The fourth-order valence-corrected chi connectivity index (χ4v) is 3.18. The quantitative estimate of drug-likeness (QED) is 0.825. The van der Waals surface area contributed by atoms with Crippen LogP contribution in [0.5, 0.6) is 0 Å². The third-order valence-electron chi connectivity index (χ3n) is 4.92. The van der Waals surface area contributed by atoms with E-state index in [4.69, 9.17) is 5.73 Å². The summed E-state index contributed by atoms with van der Waals surface area (Å²) in [5, 5.41) is 7.30. The Morgan fingerprint density at radius 1 is 1.48 bits per heavy atom. The molecule has 1 amide bonds. The number of fused-ring (bicyclic) bond motifs is 1. The molecule has 1 aliphatic rings. The van der Waals surface area contributed by atoms with Crippen LogP contribution in [0.1, 0.15) is 43.1 Å². The van der Waals surface area contributed by atoms with E-state index >= 15 is 0 Å². The maximum atomic E-state index is 12.3. The molecule has 1 aliphatic carbocycles. The zero-order valence-corrected chi connectivity index (χ0v) is 14.0. The van der Waals surface area contributed by atoms with Gasteiger partial charge in [0.25, 0.3) is 5.78 Å². The molecule has 0 saturated heterocycles. The second kappa shape index (κ2) is 5.88. The third-order valence-corrected chi connectivity index (χ3v) is 4.92. The summed E-state index contributed by atoms with van der Waals surface area (Å²) in [6.07, 6.45) is 4.86. The Labute approximate surface area is 135 Å². The van der Waals surface area contributed by atoms with E-state index in [9.17, 15) is 4.79 Å². The van der Waals surface area contributed by atoms with Crippen molar-refractivity contribution >= 4 is 11.7 Å². The molecular weight excluding hydrogens is 292 g/mol. The number of carbonyl (C=O) groups is 1. The highest BCUT2D eigenvalue weighted by molar-refractivity contribution is 5.77. The summed E-state index contributed by atoms with van der Waals surface area (Å²) in [5.41, 5.74) is 8.53. The van der Waals surface area contributed by atoms with Gasteiger partial charge in [-0.25, -0.2) is 9.50 Å². The van der Waals surface area contributed by atoms with Gasteiger partial charge >= 0.3 is 0 Å². The Morgan fingerprint density at radius 2 is 2.22 bits per heavy atom. The molecule has 0 aromatic carbocycles. The number of hydrogen-bond donors (Lipinski definition) is 2. The predicted octanol–water partition coefficient (Wildman–Crippen LogP) is 0.917. The first-order valence-electron chi connectivity index (χ1n) is 8.11. The van der Waals surface area contributed by atoms with Gasteiger partial charge in [-0.05, 0) is 51.5 Å². The zero-order chi connectivity index (χ0) is 16.6. The molecule has 0 spiro atoms. The van der Waals surface area contributed by atoms with Crippen molar-refractivity contribution < 1.29 is 4.79 Å². The number of carbonyl (C=O) groups excluding carboxylic acids is 1. The van der Waals surface area contributed by atoms with Gasteiger partial charge in [0, 0.05) is 24.4 Å². The molecule has 2 heterocycles. The number of nitrogens with zero attached hydrogens (tertiary/aromatic N) is 4. The van der Waals surface area contributed by atoms with Gasteiger partial charge in [-0.15, -0.1) is 0 Å². The molecule has 0 radical (unpaired) electrons. The van der Waals surface area contributed by atoms with Crippen LogP contribution >= 0.6 is 0 Å². The van der Waals surface area contributed by atoms with E-state index in [2.05, 4.69) is 20.4 Å². The summed E-state index contributed by atoms with van der Waals surface area (Å²) >= 11 is 0. The average molecular weight is 316 g/mol. The monoisotopic (exact) mass is 316 g/mol. The Balaban J connectivity index is 1.69. The summed E-state index contributed by atoms with van der Waals surface area (Å²) < 4.78 is 1.72. The first-order valence-corrected chi connectivity index (χ1v) is 8.11. The van der Waals surface area contributed by atoms with Gasteiger partial charge in [0.1, 0.15) is 6.33 Å². The summed E-state index contributed by atoms with van der Waals surface area (Å²) in [4.78, 5) is 20.9. The minimum atomic E-state index is -0.269. The van der Waals surface area contributed by atoms with E-state index in [1.807, 2.05) is 20.8 Å². The Bertz CT molecular complexity index is 735. The Morgan fingerprint density at radius 3 is 2.87 bits per heavy atom. The maximum absolute atomic E-state index is 12.3. The first-order chi connectivity index (χ1) is 10.9. The second-order valence-corrected chi connectivity index (χ2v) is 6.68. The molecule has 1 fully saturated rings. The van der Waals surface area contributed by atoms with Gasteiger partial charge in [0.15, 0.2) is 0 Å². The standard InChI is InChI=1S/C16H24N6O/c1-10-13(11(2)22-15(20-10)18-9-19-22)6-7-14(23)21-16(3,8-17)12-4-5-12/h9,12H,4-8,17H2,1-3H3,(H,21,23). The largest absolute Gasteiger partial charge is 0.349 e. The third kappa shape index (κ3) is 3.06. The molecule has 1 saturated carbocycles. The molecule has 1 atom stereocenters. The van der Waals surface area contributed by atoms with Gasteiger partial charge in [0.05, 0.1) is 5.54 Å². The van der Waals surface area contributed by atoms with E-state index in [1.54, 1.807) is 4.52 Å². The van der Waals surface area contributed by atoms with Crippen LogP contribution in [-0.4, -0.2) is 37.6 Å². The molecule has 1 unspecified atom stereocenters. The summed E-state index contributed by atoms with van der Waals surface area (Å²) in [7, 11) is 0. The highest BCUT2D eigenvalue weighted by Crippen LogP contribution is 2.39.